The van der Waals surface area contributed by atoms with Gasteiger partial charge in [0.05, 0.1) is 5.02 Å². The first-order valence-corrected chi connectivity index (χ1v) is 10.9. The molecule has 6 nitrogen and oxygen atoms in total. The zero-order chi connectivity index (χ0) is 20.4. The summed E-state index contributed by atoms with van der Waals surface area (Å²) in [4.78, 5) is 15.5. The van der Waals surface area contributed by atoms with Gasteiger partial charge in [-0.1, -0.05) is 23.7 Å². The molecule has 0 bridgehead atoms. The summed E-state index contributed by atoms with van der Waals surface area (Å²) in [6, 6.07) is 6.73. The van der Waals surface area contributed by atoms with E-state index in [1.807, 2.05) is 13.1 Å². The second kappa shape index (κ2) is 8.64. The van der Waals surface area contributed by atoms with Gasteiger partial charge in [0, 0.05) is 69.6 Å². The number of hydrogen-bond acceptors (Lipinski definition) is 4. The Morgan fingerprint density at radius 2 is 2.21 bits per heavy atom. The van der Waals surface area contributed by atoms with Gasteiger partial charge in [-0.05, 0) is 37.8 Å². The van der Waals surface area contributed by atoms with E-state index in [0.29, 0.717) is 19.1 Å². The van der Waals surface area contributed by atoms with Crippen molar-refractivity contribution in [3.63, 3.8) is 0 Å². The van der Waals surface area contributed by atoms with Gasteiger partial charge in [-0.15, -0.1) is 0 Å². The Morgan fingerprint density at radius 1 is 1.38 bits per heavy atom. The molecule has 158 valence electrons. The van der Waals surface area contributed by atoms with Crippen LogP contribution in [0.5, 0.6) is 0 Å². The summed E-state index contributed by atoms with van der Waals surface area (Å²) in [5.41, 5.74) is 1.73. The Kier molecular flexibility index (Phi) is 6.16. The average molecular weight is 419 g/mol. The molecule has 2 N–H and O–H groups in total. The summed E-state index contributed by atoms with van der Waals surface area (Å²) in [5, 5.41) is 8.61. The number of amides is 1. The highest BCUT2D eigenvalue weighted by atomic mass is 35.5. The van der Waals surface area contributed by atoms with Crippen LogP contribution in [0, 0.1) is 0 Å². The molecule has 0 spiro atoms. The number of aromatic nitrogens is 1. The van der Waals surface area contributed by atoms with Gasteiger partial charge in [-0.3, -0.25) is 4.79 Å². The fourth-order valence-corrected chi connectivity index (χ4v) is 4.48. The summed E-state index contributed by atoms with van der Waals surface area (Å²) >= 11 is 6.45. The van der Waals surface area contributed by atoms with Crippen molar-refractivity contribution in [2.75, 3.05) is 33.4 Å². The Balaban J connectivity index is 1.56. The molecule has 1 aromatic heterocycles. The van der Waals surface area contributed by atoms with Crippen molar-refractivity contribution in [3.8, 4) is 0 Å². The predicted molar refractivity (Wildman–Crippen MR) is 116 cm³/mol. The number of methoxy groups -OCH3 is 1. The van der Waals surface area contributed by atoms with Crippen molar-refractivity contribution in [3.05, 3.63) is 35.0 Å². The Morgan fingerprint density at radius 3 is 2.90 bits per heavy atom. The van der Waals surface area contributed by atoms with E-state index >= 15 is 0 Å². The lowest BCUT2D eigenvalue weighted by atomic mass is 9.97. The fraction of sp³-hybridized carbons (Fsp3) is 0.591. The van der Waals surface area contributed by atoms with Crippen molar-refractivity contribution in [2.45, 2.75) is 50.9 Å². The third-order valence-electron chi connectivity index (χ3n) is 6.01. The van der Waals surface area contributed by atoms with E-state index in [2.05, 4.69) is 38.3 Å². The number of rotatable bonds is 8. The topological polar surface area (TPSA) is 58.5 Å². The van der Waals surface area contributed by atoms with Crippen molar-refractivity contribution in [2.24, 2.45) is 0 Å². The number of aryl methyl sites for hydroxylation is 1. The monoisotopic (exact) mass is 418 g/mol. The second-order valence-corrected chi connectivity index (χ2v) is 8.88. The van der Waals surface area contributed by atoms with E-state index in [-0.39, 0.29) is 5.91 Å². The second-order valence-electron chi connectivity index (χ2n) is 8.47. The van der Waals surface area contributed by atoms with Gasteiger partial charge in [0.1, 0.15) is 5.54 Å². The minimum atomic E-state index is -0.533. The molecule has 1 atom stereocenters. The van der Waals surface area contributed by atoms with Crippen LogP contribution in [-0.2, 0) is 22.6 Å². The Hall–Kier alpha value is -1.60. The molecule has 1 aliphatic heterocycles. The van der Waals surface area contributed by atoms with Crippen LogP contribution in [0.2, 0.25) is 5.02 Å². The number of nitrogens with one attached hydrogen (secondary N) is 2. The molecule has 4 rings (SSSR count). The van der Waals surface area contributed by atoms with Crippen LogP contribution in [0.15, 0.2) is 24.4 Å². The van der Waals surface area contributed by atoms with Crippen LogP contribution in [0.3, 0.4) is 0 Å². The molecule has 2 fully saturated rings. The Labute approximate surface area is 177 Å². The predicted octanol–water partition coefficient (Wildman–Crippen LogP) is 2.77. The summed E-state index contributed by atoms with van der Waals surface area (Å²) in [5.74, 6) is 0.195. The maximum atomic E-state index is 13.4. The van der Waals surface area contributed by atoms with E-state index < -0.39 is 5.54 Å². The van der Waals surface area contributed by atoms with Crippen LogP contribution >= 0.6 is 11.6 Å². The van der Waals surface area contributed by atoms with Gasteiger partial charge in [0.25, 0.3) is 0 Å². The van der Waals surface area contributed by atoms with Gasteiger partial charge in [0.2, 0.25) is 5.91 Å². The van der Waals surface area contributed by atoms with Crippen LogP contribution < -0.4 is 10.6 Å². The highest BCUT2D eigenvalue weighted by Gasteiger charge is 2.42. The lowest BCUT2D eigenvalue weighted by Crippen LogP contribution is -2.65. The van der Waals surface area contributed by atoms with E-state index in [4.69, 9.17) is 16.3 Å². The van der Waals surface area contributed by atoms with Gasteiger partial charge >= 0.3 is 0 Å². The first kappa shape index (κ1) is 20.7. The maximum Gasteiger partial charge on any atom is 0.244 e. The normalized spacial score (nSPS) is 22.2. The number of carbonyl (C=O) groups is 1. The number of carbonyl (C=O) groups excluding carboxylic acids is 1. The third kappa shape index (κ3) is 4.45. The zero-order valence-electron chi connectivity index (χ0n) is 17.3. The highest BCUT2D eigenvalue weighted by molar-refractivity contribution is 6.35. The van der Waals surface area contributed by atoms with Crippen LogP contribution in [0.1, 0.15) is 31.7 Å². The number of nitrogens with zero attached hydrogens (tertiary/aromatic N) is 2. The fourth-order valence-electron chi connectivity index (χ4n) is 4.20. The summed E-state index contributed by atoms with van der Waals surface area (Å²) < 4.78 is 7.38. The maximum absolute atomic E-state index is 13.4. The Bertz CT molecular complexity index is 871. The molecule has 1 saturated heterocycles. The number of halogens is 1. The summed E-state index contributed by atoms with van der Waals surface area (Å²) in [6.07, 6.45) is 5.12. The van der Waals surface area contributed by atoms with Gasteiger partial charge < -0.3 is 24.8 Å². The minimum Gasteiger partial charge on any atom is -0.385 e. The molecule has 2 aromatic rings. The quantitative estimate of drug-likeness (QED) is 0.647. The first-order chi connectivity index (χ1) is 14.0. The molecule has 2 heterocycles. The molecule has 7 heteroatoms. The van der Waals surface area contributed by atoms with Crippen LogP contribution in [0.25, 0.3) is 10.9 Å². The smallest absolute Gasteiger partial charge is 0.244 e. The van der Waals surface area contributed by atoms with Gasteiger partial charge in [-0.25, -0.2) is 0 Å². The molecule has 2 aliphatic rings. The number of hydrogen-bond donors (Lipinski definition) is 2. The van der Waals surface area contributed by atoms with Crippen molar-refractivity contribution >= 4 is 28.4 Å². The molecule has 1 aromatic carbocycles. The minimum absolute atomic E-state index is 0.195. The van der Waals surface area contributed by atoms with Crippen LogP contribution in [0.4, 0.5) is 0 Å². The molecule has 1 saturated carbocycles. The molecule has 1 amide bonds. The van der Waals surface area contributed by atoms with Crippen molar-refractivity contribution < 1.29 is 9.53 Å². The molecule has 29 heavy (non-hydrogen) atoms. The first-order valence-electron chi connectivity index (χ1n) is 10.5. The lowest BCUT2D eigenvalue weighted by molar-refractivity contribution is -0.139. The number of benzene rings is 1. The van der Waals surface area contributed by atoms with E-state index in [0.717, 1.165) is 67.0 Å². The average Bonchev–Trinajstić information content (AvgIpc) is 3.52. The number of piperazine rings is 1. The molecular weight excluding hydrogens is 388 g/mol. The molecule has 1 unspecified atom stereocenters. The van der Waals surface area contributed by atoms with Gasteiger partial charge in [0.15, 0.2) is 0 Å². The van der Waals surface area contributed by atoms with Crippen molar-refractivity contribution in [1.82, 2.24) is 20.1 Å². The lowest BCUT2D eigenvalue weighted by Gasteiger charge is -2.38. The largest absolute Gasteiger partial charge is 0.385 e. The summed E-state index contributed by atoms with van der Waals surface area (Å²) in [6.45, 7) is 6.63. The van der Waals surface area contributed by atoms with Gasteiger partial charge in [-0.2, -0.15) is 0 Å². The molecule has 1 aliphatic carbocycles. The number of fused-ring (bicyclic) bond motifs is 1. The standard InChI is InChI=1S/C22H31ClN4O2/c1-22(15-24-8-9-25-22)21(28)27(17-5-6-17)13-16-4-7-18-19(23)14-26(20(18)12-16)10-3-11-29-2/h4,7,12,14,17,24-25H,3,5-6,8-11,13,15H2,1-2H3. The van der Waals surface area contributed by atoms with Crippen molar-refractivity contribution in [1.29, 1.82) is 0 Å². The van der Waals surface area contributed by atoms with E-state index in [9.17, 15) is 4.79 Å². The van der Waals surface area contributed by atoms with E-state index in [1.54, 1.807) is 7.11 Å². The molecule has 0 radical (unpaired) electrons. The zero-order valence-corrected chi connectivity index (χ0v) is 18.1. The van der Waals surface area contributed by atoms with Crippen LogP contribution in [-0.4, -0.2) is 60.3 Å². The van der Waals surface area contributed by atoms with E-state index in [1.165, 1.54) is 0 Å². The number of ether oxygens (including phenoxy) is 1. The summed E-state index contributed by atoms with van der Waals surface area (Å²) in [7, 11) is 1.72. The highest BCUT2D eigenvalue weighted by Crippen LogP contribution is 2.32. The molecular formula is C22H31ClN4O2. The SMILES string of the molecule is COCCCn1cc(Cl)c2ccc(CN(C(=O)C3(C)CNCCN3)C3CC3)cc21. The third-order valence-corrected chi connectivity index (χ3v) is 6.32.